The van der Waals surface area contributed by atoms with Gasteiger partial charge in [0.15, 0.2) is 0 Å². The summed E-state index contributed by atoms with van der Waals surface area (Å²) in [5.74, 6) is -3.15. The van der Waals surface area contributed by atoms with E-state index in [1.165, 1.54) is 0 Å². The van der Waals surface area contributed by atoms with Crippen molar-refractivity contribution in [3.63, 3.8) is 0 Å². The molecule has 1 amide bonds. The zero-order valence-electron chi connectivity index (χ0n) is 17.9. The van der Waals surface area contributed by atoms with Crippen molar-refractivity contribution >= 4 is 22.6 Å². The number of carboxylic acids is 1. The number of nitrogens with one attached hydrogen (secondary N) is 1. The molecule has 0 spiro atoms. The zero-order chi connectivity index (χ0) is 22.5. The van der Waals surface area contributed by atoms with E-state index < -0.39 is 17.8 Å². The highest BCUT2D eigenvalue weighted by atomic mass is 16.4. The van der Waals surface area contributed by atoms with Crippen LogP contribution in [0.5, 0.6) is 0 Å². The summed E-state index contributed by atoms with van der Waals surface area (Å²) >= 11 is 0. The van der Waals surface area contributed by atoms with Crippen molar-refractivity contribution in [1.29, 1.82) is 0 Å². The maximum absolute atomic E-state index is 13.6. The first-order chi connectivity index (χ1) is 16.1. The van der Waals surface area contributed by atoms with Gasteiger partial charge < -0.3 is 10.4 Å². The van der Waals surface area contributed by atoms with E-state index in [0.717, 1.165) is 38.6 Å². The van der Waals surface area contributed by atoms with Gasteiger partial charge in [0, 0.05) is 18.4 Å². The van der Waals surface area contributed by atoms with E-state index in [-0.39, 0.29) is 17.7 Å². The van der Waals surface area contributed by atoms with Crippen LogP contribution < -0.4 is 5.32 Å². The van der Waals surface area contributed by atoms with Crippen molar-refractivity contribution in [2.45, 2.75) is 18.4 Å². The van der Waals surface area contributed by atoms with Gasteiger partial charge in [-0.1, -0.05) is 84.9 Å². The molecule has 4 heteroatoms. The van der Waals surface area contributed by atoms with Crippen molar-refractivity contribution in [1.82, 2.24) is 5.32 Å². The van der Waals surface area contributed by atoms with Crippen LogP contribution in [0.25, 0.3) is 10.8 Å². The van der Waals surface area contributed by atoms with E-state index in [1.807, 2.05) is 72.8 Å². The predicted octanol–water partition coefficient (Wildman–Crippen LogP) is 5.06. The number of fused-ring (bicyclic) bond motifs is 2. The van der Waals surface area contributed by atoms with Gasteiger partial charge in [0.2, 0.25) is 5.91 Å². The van der Waals surface area contributed by atoms with E-state index in [0.29, 0.717) is 6.54 Å². The first-order valence-corrected chi connectivity index (χ1v) is 11.3. The fraction of sp³-hybridized carbons (Fsp3) is 0.172. The third-order valence-electron chi connectivity index (χ3n) is 7.31. The minimum atomic E-state index is -0.917. The smallest absolute Gasteiger partial charge is 0.308 e. The largest absolute Gasteiger partial charge is 0.481 e. The van der Waals surface area contributed by atoms with E-state index in [9.17, 15) is 14.7 Å². The lowest BCUT2D eigenvalue weighted by Gasteiger charge is -2.48. The molecule has 0 aliphatic heterocycles. The second-order valence-electron chi connectivity index (χ2n) is 9.00. The van der Waals surface area contributed by atoms with E-state index in [4.69, 9.17) is 0 Å². The number of carbonyl (C=O) groups is 2. The Kier molecular flexibility index (Phi) is 4.54. The molecule has 0 heterocycles. The van der Waals surface area contributed by atoms with Crippen LogP contribution in [0.4, 0.5) is 0 Å². The van der Waals surface area contributed by atoms with Crippen LogP contribution in [-0.4, -0.2) is 17.0 Å². The Morgan fingerprint density at radius 2 is 1.18 bits per heavy atom. The van der Waals surface area contributed by atoms with E-state index in [2.05, 4.69) is 23.5 Å². The van der Waals surface area contributed by atoms with Gasteiger partial charge in [0.25, 0.3) is 0 Å². The number of benzene rings is 4. The first kappa shape index (κ1) is 19.7. The average Bonchev–Trinajstić information content (AvgIpc) is 2.86. The second kappa shape index (κ2) is 7.59. The molecule has 2 atom stereocenters. The van der Waals surface area contributed by atoms with Crippen LogP contribution >= 0.6 is 0 Å². The molecule has 33 heavy (non-hydrogen) atoms. The molecule has 4 aromatic rings. The van der Waals surface area contributed by atoms with Crippen LogP contribution in [0.15, 0.2) is 91.0 Å². The van der Waals surface area contributed by atoms with Crippen molar-refractivity contribution in [2.24, 2.45) is 11.8 Å². The summed E-state index contributed by atoms with van der Waals surface area (Å²) in [4.78, 5) is 26.1. The Bertz CT molecular complexity index is 1360. The van der Waals surface area contributed by atoms with Crippen LogP contribution in [0.2, 0.25) is 0 Å². The summed E-state index contributed by atoms with van der Waals surface area (Å²) in [6, 6.07) is 30.2. The van der Waals surface area contributed by atoms with Crippen molar-refractivity contribution < 1.29 is 14.7 Å². The Labute approximate surface area is 191 Å². The lowest BCUT2D eigenvalue weighted by atomic mass is 9.54. The molecular formula is C29H23NO3. The minimum absolute atomic E-state index is 0.199. The predicted molar refractivity (Wildman–Crippen MR) is 127 cm³/mol. The molecule has 0 aromatic heterocycles. The highest BCUT2D eigenvalue weighted by Crippen LogP contribution is 2.58. The number of hydrogen-bond acceptors (Lipinski definition) is 2. The quantitative estimate of drug-likeness (QED) is 0.473. The van der Waals surface area contributed by atoms with Gasteiger partial charge >= 0.3 is 5.97 Å². The van der Waals surface area contributed by atoms with Crippen LogP contribution in [0.1, 0.15) is 39.7 Å². The third-order valence-corrected chi connectivity index (χ3v) is 7.31. The Morgan fingerprint density at radius 1 is 0.667 bits per heavy atom. The maximum atomic E-state index is 13.6. The van der Waals surface area contributed by atoms with Gasteiger partial charge in [-0.05, 0) is 44.7 Å². The summed E-state index contributed by atoms with van der Waals surface area (Å²) in [5.41, 5.74) is 5.21. The van der Waals surface area contributed by atoms with Crippen LogP contribution in [0, 0.1) is 11.8 Å². The van der Waals surface area contributed by atoms with Crippen molar-refractivity contribution in [3.8, 4) is 0 Å². The number of carboxylic acid groups (broad SMARTS) is 1. The standard InChI is InChI=1S/C29H23NO3/c31-28(30-16-17-13-14-18-7-1-2-8-19(18)15-17)26-24-20-9-3-5-11-22(20)25(27(26)29(32)33)23-12-6-4-10-21(23)24/h1-15,24-27H,16H2,(H,30,31)(H,32,33). The van der Waals surface area contributed by atoms with Gasteiger partial charge in [-0.15, -0.1) is 0 Å². The minimum Gasteiger partial charge on any atom is -0.481 e. The Balaban J connectivity index is 1.37. The number of rotatable bonds is 4. The number of carbonyl (C=O) groups excluding carboxylic acids is 1. The molecule has 162 valence electrons. The molecular weight excluding hydrogens is 410 g/mol. The fourth-order valence-corrected chi connectivity index (χ4v) is 5.94. The van der Waals surface area contributed by atoms with Crippen LogP contribution in [-0.2, 0) is 16.1 Å². The van der Waals surface area contributed by atoms with Gasteiger partial charge in [0.05, 0.1) is 11.8 Å². The van der Waals surface area contributed by atoms with Crippen LogP contribution in [0.3, 0.4) is 0 Å². The van der Waals surface area contributed by atoms with Gasteiger partial charge in [-0.25, -0.2) is 0 Å². The molecule has 3 aliphatic rings. The third kappa shape index (κ3) is 3.05. The highest BCUT2D eigenvalue weighted by Gasteiger charge is 2.55. The second-order valence-corrected chi connectivity index (χ2v) is 9.00. The Hall–Kier alpha value is -3.92. The maximum Gasteiger partial charge on any atom is 0.308 e. The molecule has 0 saturated carbocycles. The normalized spacial score (nSPS) is 22.4. The molecule has 7 rings (SSSR count). The molecule has 4 nitrogen and oxygen atoms in total. The summed E-state index contributed by atoms with van der Waals surface area (Å²) in [6.07, 6.45) is 0. The summed E-state index contributed by atoms with van der Waals surface area (Å²) in [7, 11) is 0. The molecule has 3 aliphatic carbocycles. The fourth-order valence-electron chi connectivity index (χ4n) is 5.94. The van der Waals surface area contributed by atoms with Crippen molar-refractivity contribution in [2.75, 3.05) is 0 Å². The molecule has 2 bridgehead atoms. The molecule has 0 radical (unpaired) electrons. The lowest BCUT2D eigenvalue weighted by molar-refractivity contribution is -0.149. The van der Waals surface area contributed by atoms with Gasteiger partial charge in [-0.2, -0.15) is 0 Å². The topological polar surface area (TPSA) is 66.4 Å². The van der Waals surface area contributed by atoms with Gasteiger partial charge in [0.1, 0.15) is 0 Å². The molecule has 0 fully saturated rings. The van der Waals surface area contributed by atoms with E-state index >= 15 is 0 Å². The zero-order valence-corrected chi connectivity index (χ0v) is 17.9. The molecule has 2 unspecified atom stereocenters. The number of aliphatic carboxylic acids is 1. The molecule has 4 aromatic carbocycles. The highest BCUT2D eigenvalue weighted by molar-refractivity contribution is 5.90. The van der Waals surface area contributed by atoms with Crippen molar-refractivity contribution in [3.05, 3.63) is 119 Å². The molecule has 0 saturated heterocycles. The van der Waals surface area contributed by atoms with E-state index in [1.54, 1.807) is 0 Å². The summed E-state index contributed by atoms with van der Waals surface area (Å²) < 4.78 is 0. The lowest BCUT2D eigenvalue weighted by Crippen LogP contribution is -2.50. The summed E-state index contributed by atoms with van der Waals surface area (Å²) in [6.45, 7) is 0.368. The van der Waals surface area contributed by atoms with Gasteiger partial charge in [-0.3, -0.25) is 9.59 Å². The average molecular weight is 434 g/mol. The monoisotopic (exact) mass is 433 g/mol. The Morgan fingerprint density at radius 3 is 1.76 bits per heavy atom. The number of hydrogen-bond donors (Lipinski definition) is 2. The summed E-state index contributed by atoms with van der Waals surface area (Å²) in [5, 5.41) is 15.6. The SMILES string of the molecule is O=C(O)C1C2c3ccccc3C(c3ccccc32)C1C(=O)NCc1ccc2ccccc2c1. The number of amides is 1. The molecule has 2 N–H and O–H groups in total. The first-order valence-electron chi connectivity index (χ1n) is 11.3.